The van der Waals surface area contributed by atoms with Crippen LogP contribution in [0.4, 0.5) is 0 Å². The summed E-state index contributed by atoms with van der Waals surface area (Å²) in [7, 11) is 1.67. The molecule has 1 aromatic rings. The van der Waals surface area contributed by atoms with E-state index < -0.39 is 0 Å². The summed E-state index contributed by atoms with van der Waals surface area (Å²) in [5, 5.41) is 4.10. The Bertz CT molecular complexity index is 310. The van der Waals surface area contributed by atoms with Crippen molar-refractivity contribution in [3.05, 3.63) is 28.8 Å². The Labute approximate surface area is 82.9 Å². The molecule has 1 atom stereocenters. The van der Waals surface area contributed by atoms with Crippen LogP contribution in [0.15, 0.2) is 18.2 Å². The van der Waals surface area contributed by atoms with Crippen LogP contribution in [0.2, 0.25) is 5.02 Å². The quantitative estimate of drug-likeness (QED) is 0.786. The van der Waals surface area contributed by atoms with Crippen molar-refractivity contribution in [1.82, 2.24) is 5.32 Å². The first-order valence-corrected chi connectivity index (χ1v) is 4.76. The summed E-state index contributed by atoms with van der Waals surface area (Å²) in [6.45, 7) is 1.07. The van der Waals surface area contributed by atoms with E-state index in [0.717, 1.165) is 29.3 Å². The molecule has 1 saturated heterocycles. The van der Waals surface area contributed by atoms with Crippen molar-refractivity contribution in [2.45, 2.75) is 12.5 Å². The Hall–Kier alpha value is -0.730. The second-order valence-electron chi connectivity index (χ2n) is 3.15. The molecule has 0 aliphatic carbocycles. The molecule has 0 bridgehead atoms. The summed E-state index contributed by atoms with van der Waals surface area (Å²) in [4.78, 5) is 0. The Morgan fingerprint density at radius 1 is 1.54 bits per heavy atom. The highest BCUT2D eigenvalue weighted by Gasteiger charge is 2.24. The molecule has 1 aromatic carbocycles. The number of benzene rings is 1. The first kappa shape index (κ1) is 8.85. The van der Waals surface area contributed by atoms with Gasteiger partial charge in [-0.3, -0.25) is 0 Å². The van der Waals surface area contributed by atoms with Gasteiger partial charge in [0, 0.05) is 16.6 Å². The maximum atomic E-state index is 6.10. The molecule has 0 radical (unpaired) electrons. The average molecular weight is 198 g/mol. The van der Waals surface area contributed by atoms with Crippen LogP contribution in [0, 0.1) is 0 Å². The van der Waals surface area contributed by atoms with Crippen LogP contribution in [-0.2, 0) is 0 Å². The van der Waals surface area contributed by atoms with Crippen LogP contribution in [0.5, 0.6) is 5.75 Å². The average Bonchev–Trinajstić information content (AvgIpc) is 2.05. The Morgan fingerprint density at radius 3 is 2.85 bits per heavy atom. The van der Waals surface area contributed by atoms with E-state index in [0.29, 0.717) is 6.04 Å². The summed E-state index contributed by atoms with van der Waals surface area (Å²) < 4.78 is 5.26. The molecule has 1 fully saturated rings. The summed E-state index contributed by atoms with van der Waals surface area (Å²) in [6.07, 6.45) is 1.14. The third kappa shape index (κ3) is 1.52. The zero-order valence-electron chi connectivity index (χ0n) is 7.51. The molecule has 1 unspecified atom stereocenters. The number of halogens is 1. The summed E-state index contributed by atoms with van der Waals surface area (Å²) in [5.41, 5.74) is 1.10. The lowest BCUT2D eigenvalue weighted by molar-refractivity contribution is 0.353. The van der Waals surface area contributed by atoms with Gasteiger partial charge in [-0.15, -0.1) is 0 Å². The van der Waals surface area contributed by atoms with Gasteiger partial charge < -0.3 is 10.1 Å². The summed E-state index contributed by atoms with van der Waals surface area (Å²) in [5.74, 6) is 0.879. The minimum atomic E-state index is 0.378. The van der Waals surface area contributed by atoms with E-state index >= 15 is 0 Å². The van der Waals surface area contributed by atoms with E-state index in [1.54, 1.807) is 7.11 Å². The van der Waals surface area contributed by atoms with Crippen LogP contribution in [0.3, 0.4) is 0 Å². The molecule has 1 aliphatic heterocycles. The molecule has 1 aliphatic rings. The summed E-state index contributed by atoms with van der Waals surface area (Å²) in [6, 6.07) is 6.13. The van der Waals surface area contributed by atoms with E-state index in [2.05, 4.69) is 5.32 Å². The van der Waals surface area contributed by atoms with Crippen molar-refractivity contribution >= 4 is 11.6 Å². The molecule has 0 aromatic heterocycles. The van der Waals surface area contributed by atoms with Gasteiger partial charge in [0.2, 0.25) is 0 Å². The van der Waals surface area contributed by atoms with E-state index in [4.69, 9.17) is 16.3 Å². The van der Waals surface area contributed by atoms with Crippen LogP contribution < -0.4 is 10.1 Å². The maximum absolute atomic E-state index is 6.10. The van der Waals surface area contributed by atoms with Gasteiger partial charge >= 0.3 is 0 Å². The lowest BCUT2D eigenvalue weighted by Crippen LogP contribution is -2.35. The predicted molar refractivity (Wildman–Crippen MR) is 53.4 cm³/mol. The fourth-order valence-corrected chi connectivity index (χ4v) is 1.87. The second kappa shape index (κ2) is 3.56. The molecule has 3 heteroatoms. The van der Waals surface area contributed by atoms with Gasteiger partial charge in [0.05, 0.1) is 7.11 Å². The molecular weight excluding hydrogens is 186 g/mol. The fraction of sp³-hybridized carbons (Fsp3) is 0.400. The molecular formula is C10H12ClNO. The van der Waals surface area contributed by atoms with Crippen LogP contribution in [0.1, 0.15) is 18.0 Å². The maximum Gasteiger partial charge on any atom is 0.125 e. The van der Waals surface area contributed by atoms with Crippen LogP contribution in [0.25, 0.3) is 0 Å². The first-order valence-electron chi connectivity index (χ1n) is 4.38. The molecule has 2 nitrogen and oxygen atoms in total. The first-order chi connectivity index (χ1) is 6.33. The molecule has 1 N–H and O–H groups in total. The molecule has 0 saturated carbocycles. The SMILES string of the molecule is COc1cccc(Cl)c1C1CCN1. The van der Waals surface area contributed by atoms with Gasteiger partial charge in [-0.25, -0.2) is 0 Å². The standard InChI is InChI=1S/C10H12ClNO/c1-13-9-4-2-3-7(11)10(9)8-5-6-12-8/h2-4,8,12H,5-6H2,1H3. The highest BCUT2D eigenvalue weighted by atomic mass is 35.5. The smallest absolute Gasteiger partial charge is 0.125 e. The molecule has 2 rings (SSSR count). The highest BCUT2D eigenvalue weighted by Crippen LogP contribution is 2.36. The molecule has 0 spiro atoms. The predicted octanol–water partition coefficient (Wildman–Crippen LogP) is 2.38. The van der Waals surface area contributed by atoms with Crippen molar-refractivity contribution in [3.8, 4) is 5.75 Å². The molecule has 1 heterocycles. The highest BCUT2D eigenvalue weighted by molar-refractivity contribution is 6.31. The lowest BCUT2D eigenvalue weighted by Gasteiger charge is -2.29. The summed E-state index contributed by atoms with van der Waals surface area (Å²) >= 11 is 6.10. The Kier molecular flexibility index (Phi) is 2.42. The topological polar surface area (TPSA) is 21.3 Å². The van der Waals surface area contributed by atoms with Gasteiger partial charge in [0.15, 0.2) is 0 Å². The lowest BCUT2D eigenvalue weighted by atomic mass is 9.97. The number of hydrogen-bond acceptors (Lipinski definition) is 2. The van der Waals surface area contributed by atoms with Gasteiger partial charge in [-0.2, -0.15) is 0 Å². The van der Waals surface area contributed by atoms with E-state index in [9.17, 15) is 0 Å². The number of rotatable bonds is 2. The van der Waals surface area contributed by atoms with Crippen LogP contribution in [-0.4, -0.2) is 13.7 Å². The number of nitrogens with one attached hydrogen (secondary N) is 1. The Morgan fingerprint density at radius 2 is 2.31 bits per heavy atom. The second-order valence-corrected chi connectivity index (χ2v) is 3.56. The van der Waals surface area contributed by atoms with E-state index in [1.807, 2.05) is 18.2 Å². The number of ether oxygens (including phenoxy) is 1. The van der Waals surface area contributed by atoms with Crippen molar-refractivity contribution in [2.75, 3.05) is 13.7 Å². The molecule has 0 amide bonds. The van der Waals surface area contributed by atoms with Gasteiger partial charge in [-0.05, 0) is 25.1 Å². The van der Waals surface area contributed by atoms with E-state index in [-0.39, 0.29) is 0 Å². The largest absolute Gasteiger partial charge is 0.496 e. The zero-order chi connectivity index (χ0) is 9.26. The normalized spacial score (nSPS) is 20.9. The Balaban J connectivity index is 2.39. The van der Waals surface area contributed by atoms with Gasteiger partial charge in [0.1, 0.15) is 5.75 Å². The van der Waals surface area contributed by atoms with Gasteiger partial charge in [0.25, 0.3) is 0 Å². The fourth-order valence-electron chi connectivity index (χ4n) is 1.57. The molecule has 13 heavy (non-hydrogen) atoms. The third-order valence-electron chi connectivity index (χ3n) is 2.41. The van der Waals surface area contributed by atoms with Crippen molar-refractivity contribution < 1.29 is 4.74 Å². The van der Waals surface area contributed by atoms with E-state index in [1.165, 1.54) is 0 Å². The number of hydrogen-bond donors (Lipinski definition) is 1. The molecule has 70 valence electrons. The third-order valence-corrected chi connectivity index (χ3v) is 2.73. The van der Waals surface area contributed by atoms with Crippen LogP contribution >= 0.6 is 11.6 Å². The van der Waals surface area contributed by atoms with Gasteiger partial charge in [-0.1, -0.05) is 17.7 Å². The monoisotopic (exact) mass is 197 g/mol. The van der Waals surface area contributed by atoms with Crippen molar-refractivity contribution in [2.24, 2.45) is 0 Å². The zero-order valence-corrected chi connectivity index (χ0v) is 8.27. The minimum Gasteiger partial charge on any atom is -0.496 e. The van der Waals surface area contributed by atoms with Crippen molar-refractivity contribution in [3.63, 3.8) is 0 Å². The number of methoxy groups -OCH3 is 1. The van der Waals surface area contributed by atoms with Crippen molar-refractivity contribution in [1.29, 1.82) is 0 Å². The minimum absolute atomic E-state index is 0.378.